The number of nitrogens with zero attached hydrogens (tertiary/aromatic N) is 1. The van der Waals surface area contributed by atoms with Gasteiger partial charge in [0.1, 0.15) is 12.4 Å². The van der Waals surface area contributed by atoms with E-state index in [9.17, 15) is 0 Å². The Hall–Kier alpha value is -1.59. The molecule has 5 heteroatoms. The molecule has 0 amide bonds. The van der Waals surface area contributed by atoms with Gasteiger partial charge >= 0.3 is 0 Å². The van der Waals surface area contributed by atoms with Gasteiger partial charge in [-0.3, -0.25) is 0 Å². The van der Waals surface area contributed by atoms with E-state index in [4.69, 9.17) is 17.0 Å². The lowest BCUT2D eigenvalue weighted by Gasteiger charge is -2.35. The Morgan fingerprint density at radius 1 is 1.36 bits per heavy atom. The number of anilines is 1. The maximum Gasteiger partial charge on any atom is 0.170 e. The summed E-state index contributed by atoms with van der Waals surface area (Å²) in [4.78, 5) is 2.64. The van der Waals surface area contributed by atoms with Crippen LogP contribution in [0, 0.1) is 0 Å². The van der Waals surface area contributed by atoms with Crippen LogP contribution in [0.5, 0.6) is 5.75 Å². The van der Waals surface area contributed by atoms with Crippen molar-refractivity contribution >= 4 is 23.0 Å². The SMILES string of the molecule is C=CCOc1ccc(NC(=S)NCCCN2CCCC[C@@H]2CC)cc1. The number of likely N-dealkylation sites (tertiary alicyclic amines) is 1. The van der Waals surface area contributed by atoms with Crippen LogP contribution in [0.3, 0.4) is 0 Å². The number of rotatable bonds is 9. The molecule has 0 radical (unpaired) electrons. The molecule has 1 atom stereocenters. The molecule has 1 aliphatic heterocycles. The molecule has 0 spiro atoms. The first-order valence-corrected chi connectivity index (χ1v) is 9.76. The highest BCUT2D eigenvalue weighted by Crippen LogP contribution is 2.19. The maximum absolute atomic E-state index is 5.47. The van der Waals surface area contributed by atoms with E-state index in [1.807, 2.05) is 24.3 Å². The van der Waals surface area contributed by atoms with Crippen LogP contribution in [0.25, 0.3) is 0 Å². The van der Waals surface area contributed by atoms with Crippen LogP contribution < -0.4 is 15.4 Å². The Morgan fingerprint density at radius 2 is 2.16 bits per heavy atom. The van der Waals surface area contributed by atoms with Crippen molar-refractivity contribution in [2.24, 2.45) is 0 Å². The minimum Gasteiger partial charge on any atom is -0.490 e. The molecule has 0 aromatic heterocycles. The number of hydrogen-bond acceptors (Lipinski definition) is 3. The summed E-state index contributed by atoms with van der Waals surface area (Å²) in [5, 5.41) is 7.19. The van der Waals surface area contributed by atoms with Gasteiger partial charge in [-0.05, 0) is 68.7 Å². The summed E-state index contributed by atoms with van der Waals surface area (Å²) < 4.78 is 5.47. The smallest absolute Gasteiger partial charge is 0.170 e. The van der Waals surface area contributed by atoms with Crippen molar-refractivity contribution in [3.05, 3.63) is 36.9 Å². The molecular formula is C20H31N3OS. The second-order valence-corrected chi connectivity index (χ2v) is 6.86. The zero-order valence-corrected chi connectivity index (χ0v) is 16.1. The van der Waals surface area contributed by atoms with Gasteiger partial charge in [-0.1, -0.05) is 26.0 Å². The van der Waals surface area contributed by atoms with Gasteiger partial charge in [-0.25, -0.2) is 0 Å². The summed E-state index contributed by atoms with van der Waals surface area (Å²) in [5.41, 5.74) is 0.963. The van der Waals surface area contributed by atoms with Gasteiger partial charge in [0.2, 0.25) is 0 Å². The lowest BCUT2D eigenvalue weighted by Crippen LogP contribution is -2.40. The average molecular weight is 362 g/mol. The Balaban J connectivity index is 1.64. The summed E-state index contributed by atoms with van der Waals surface area (Å²) in [6.07, 6.45) is 8.20. The quantitative estimate of drug-likeness (QED) is 0.392. The van der Waals surface area contributed by atoms with Crippen molar-refractivity contribution in [3.63, 3.8) is 0 Å². The first kappa shape index (κ1) is 19.7. The van der Waals surface area contributed by atoms with Crippen molar-refractivity contribution in [2.75, 3.05) is 31.6 Å². The van der Waals surface area contributed by atoms with Crippen LogP contribution in [-0.4, -0.2) is 42.3 Å². The van der Waals surface area contributed by atoms with Crippen LogP contribution in [0.1, 0.15) is 39.0 Å². The fourth-order valence-corrected chi connectivity index (χ4v) is 3.49. The summed E-state index contributed by atoms with van der Waals surface area (Å²) in [7, 11) is 0. The molecule has 0 aliphatic carbocycles. The molecule has 0 saturated carbocycles. The normalized spacial score (nSPS) is 17.7. The first-order chi connectivity index (χ1) is 12.2. The first-order valence-electron chi connectivity index (χ1n) is 9.35. The van der Waals surface area contributed by atoms with Crippen molar-refractivity contribution in [3.8, 4) is 5.75 Å². The molecule has 2 rings (SSSR count). The number of hydrogen-bond donors (Lipinski definition) is 2. The zero-order valence-electron chi connectivity index (χ0n) is 15.3. The standard InChI is InChI=1S/C20H31N3OS/c1-3-16-24-19-11-9-17(10-12-19)22-20(25)21-13-7-15-23-14-6-5-8-18(23)4-2/h3,9-12,18H,1,4-8,13-16H2,2H3,(H2,21,22,25)/t18-/m0/s1. The van der Waals surface area contributed by atoms with Crippen LogP contribution in [-0.2, 0) is 0 Å². The Bertz CT molecular complexity index is 532. The van der Waals surface area contributed by atoms with Gasteiger partial charge in [0.05, 0.1) is 0 Å². The molecule has 1 aromatic carbocycles. The minimum atomic E-state index is 0.517. The van der Waals surface area contributed by atoms with Gasteiger partial charge < -0.3 is 20.3 Å². The van der Waals surface area contributed by atoms with E-state index in [0.717, 1.165) is 37.0 Å². The van der Waals surface area contributed by atoms with Gasteiger partial charge in [-0.15, -0.1) is 0 Å². The largest absolute Gasteiger partial charge is 0.490 e. The highest BCUT2D eigenvalue weighted by Gasteiger charge is 2.19. The van der Waals surface area contributed by atoms with E-state index in [1.54, 1.807) is 6.08 Å². The topological polar surface area (TPSA) is 36.5 Å². The van der Waals surface area contributed by atoms with E-state index in [0.29, 0.717) is 11.7 Å². The van der Waals surface area contributed by atoms with Crippen molar-refractivity contribution in [1.29, 1.82) is 0 Å². The molecule has 1 fully saturated rings. The summed E-state index contributed by atoms with van der Waals surface area (Å²) in [5.74, 6) is 0.830. The van der Waals surface area contributed by atoms with Gasteiger partial charge in [-0.2, -0.15) is 0 Å². The van der Waals surface area contributed by atoms with Crippen molar-refractivity contribution in [1.82, 2.24) is 10.2 Å². The van der Waals surface area contributed by atoms with Crippen LogP contribution in [0.15, 0.2) is 36.9 Å². The summed E-state index contributed by atoms with van der Waals surface area (Å²) >= 11 is 5.37. The predicted octanol–water partition coefficient (Wildman–Crippen LogP) is 4.19. The Labute approximate surface area is 157 Å². The third kappa shape index (κ3) is 7.04. The highest BCUT2D eigenvalue weighted by atomic mass is 32.1. The number of ether oxygens (including phenoxy) is 1. The lowest BCUT2D eigenvalue weighted by atomic mass is 10.00. The molecule has 25 heavy (non-hydrogen) atoms. The highest BCUT2D eigenvalue weighted by molar-refractivity contribution is 7.80. The lowest BCUT2D eigenvalue weighted by molar-refractivity contribution is 0.143. The van der Waals surface area contributed by atoms with Crippen LogP contribution >= 0.6 is 12.2 Å². The van der Waals surface area contributed by atoms with E-state index in [1.165, 1.54) is 32.2 Å². The summed E-state index contributed by atoms with van der Waals surface area (Å²) in [6.45, 7) is 9.77. The van der Waals surface area contributed by atoms with Crippen LogP contribution in [0.2, 0.25) is 0 Å². The van der Waals surface area contributed by atoms with E-state index >= 15 is 0 Å². The molecule has 4 nitrogen and oxygen atoms in total. The van der Waals surface area contributed by atoms with Gasteiger partial charge in [0.25, 0.3) is 0 Å². The number of piperidine rings is 1. The predicted molar refractivity (Wildman–Crippen MR) is 110 cm³/mol. The number of benzene rings is 1. The molecule has 1 saturated heterocycles. The molecule has 138 valence electrons. The molecule has 2 N–H and O–H groups in total. The number of thiocarbonyl (C=S) groups is 1. The molecular weight excluding hydrogens is 330 g/mol. The monoisotopic (exact) mass is 361 g/mol. The number of nitrogens with one attached hydrogen (secondary N) is 2. The average Bonchev–Trinajstić information content (AvgIpc) is 2.65. The van der Waals surface area contributed by atoms with Crippen molar-refractivity contribution < 1.29 is 4.74 Å². The fourth-order valence-electron chi connectivity index (χ4n) is 3.27. The second kappa shape index (κ2) is 11.1. The molecule has 1 aromatic rings. The van der Waals surface area contributed by atoms with Gasteiger partial charge in [0, 0.05) is 24.8 Å². The van der Waals surface area contributed by atoms with E-state index in [2.05, 4.69) is 29.0 Å². The second-order valence-electron chi connectivity index (χ2n) is 6.45. The third-order valence-electron chi connectivity index (χ3n) is 4.61. The fraction of sp³-hybridized carbons (Fsp3) is 0.550. The molecule has 0 unspecified atom stereocenters. The zero-order chi connectivity index (χ0) is 17.9. The Morgan fingerprint density at radius 3 is 2.88 bits per heavy atom. The van der Waals surface area contributed by atoms with E-state index in [-0.39, 0.29) is 0 Å². The van der Waals surface area contributed by atoms with E-state index < -0.39 is 0 Å². The molecule has 0 bridgehead atoms. The van der Waals surface area contributed by atoms with Crippen molar-refractivity contribution in [2.45, 2.75) is 45.1 Å². The van der Waals surface area contributed by atoms with Gasteiger partial charge in [0.15, 0.2) is 5.11 Å². The summed E-state index contributed by atoms with van der Waals surface area (Å²) in [6, 6.07) is 8.56. The molecule has 1 aliphatic rings. The van der Waals surface area contributed by atoms with Crippen LogP contribution in [0.4, 0.5) is 5.69 Å². The maximum atomic E-state index is 5.47. The Kier molecular flexibility index (Phi) is 8.77. The molecule has 1 heterocycles. The third-order valence-corrected chi connectivity index (χ3v) is 4.85. The minimum absolute atomic E-state index is 0.517.